The van der Waals surface area contributed by atoms with Gasteiger partial charge in [0.15, 0.2) is 0 Å². The molecule has 0 aromatic heterocycles. The molecule has 0 aromatic rings. The average molecular weight is 247 g/mol. The third kappa shape index (κ3) is 3.18. The minimum atomic E-state index is -3.30. The molecule has 0 atom stereocenters. The number of sulfonamides is 1. The Hall–Kier alpha value is -0.620. The molecule has 1 aliphatic rings. The summed E-state index contributed by atoms with van der Waals surface area (Å²) >= 11 is 0. The molecule has 0 spiro atoms. The SMILES string of the molecule is CCCCS(=O)(=O)NC1(C(=N)N)CCCC1. The molecule has 0 aromatic carbocycles. The molecule has 0 radical (unpaired) electrons. The van der Waals surface area contributed by atoms with Gasteiger partial charge in [-0.3, -0.25) is 5.41 Å². The summed E-state index contributed by atoms with van der Waals surface area (Å²) in [5.41, 5.74) is 4.73. The number of rotatable bonds is 6. The first-order valence-electron chi connectivity index (χ1n) is 5.78. The van der Waals surface area contributed by atoms with E-state index in [4.69, 9.17) is 11.1 Å². The quantitative estimate of drug-likeness (QED) is 0.481. The lowest BCUT2D eigenvalue weighted by molar-refractivity contribution is 0.495. The molecule has 5 nitrogen and oxygen atoms in total. The van der Waals surface area contributed by atoms with Crippen LogP contribution in [0.1, 0.15) is 45.4 Å². The molecule has 6 heteroatoms. The van der Waals surface area contributed by atoms with E-state index in [1.165, 1.54) is 0 Å². The molecule has 1 saturated carbocycles. The molecule has 16 heavy (non-hydrogen) atoms. The van der Waals surface area contributed by atoms with Gasteiger partial charge in [0.05, 0.1) is 11.3 Å². The zero-order chi connectivity index (χ0) is 12.2. The van der Waals surface area contributed by atoms with Crippen molar-refractivity contribution in [3.63, 3.8) is 0 Å². The maximum absolute atomic E-state index is 11.8. The van der Waals surface area contributed by atoms with Gasteiger partial charge < -0.3 is 5.73 Å². The van der Waals surface area contributed by atoms with Crippen LogP contribution in [0.3, 0.4) is 0 Å². The van der Waals surface area contributed by atoms with Crippen LogP contribution in [0, 0.1) is 5.41 Å². The third-order valence-electron chi connectivity index (χ3n) is 3.09. The lowest BCUT2D eigenvalue weighted by atomic mass is 9.98. The van der Waals surface area contributed by atoms with Crippen molar-refractivity contribution in [3.8, 4) is 0 Å². The summed E-state index contributed by atoms with van der Waals surface area (Å²) in [6.07, 6.45) is 4.63. The highest BCUT2D eigenvalue weighted by Crippen LogP contribution is 2.30. The van der Waals surface area contributed by atoms with Crippen molar-refractivity contribution in [2.45, 2.75) is 51.0 Å². The van der Waals surface area contributed by atoms with Gasteiger partial charge >= 0.3 is 0 Å². The van der Waals surface area contributed by atoms with E-state index in [2.05, 4.69) is 4.72 Å². The Morgan fingerprint density at radius 1 is 1.44 bits per heavy atom. The second kappa shape index (κ2) is 5.14. The van der Waals surface area contributed by atoms with Crippen LogP contribution < -0.4 is 10.5 Å². The average Bonchev–Trinajstić information content (AvgIpc) is 2.64. The van der Waals surface area contributed by atoms with E-state index in [0.717, 1.165) is 19.3 Å². The number of unbranched alkanes of at least 4 members (excludes halogenated alkanes) is 1. The number of hydrogen-bond donors (Lipinski definition) is 3. The summed E-state index contributed by atoms with van der Waals surface area (Å²) in [6.45, 7) is 1.95. The molecular formula is C10H21N3O2S. The van der Waals surface area contributed by atoms with Crippen LogP contribution in [0.15, 0.2) is 0 Å². The normalized spacial score (nSPS) is 19.8. The van der Waals surface area contributed by atoms with Crippen molar-refractivity contribution in [1.29, 1.82) is 5.41 Å². The van der Waals surface area contributed by atoms with Gasteiger partial charge in [0.2, 0.25) is 10.0 Å². The molecule has 0 aliphatic heterocycles. The second-order valence-corrected chi connectivity index (χ2v) is 6.32. The maximum atomic E-state index is 11.8. The summed E-state index contributed by atoms with van der Waals surface area (Å²) in [6, 6.07) is 0. The Morgan fingerprint density at radius 2 is 2.00 bits per heavy atom. The number of nitrogens with one attached hydrogen (secondary N) is 2. The van der Waals surface area contributed by atoms with E-state index in [9.17, 15) is 8.42 Å². The zero-order valence-corrected chi connectivity index (χ0v) is 10.6. The van der Waals surface area contributed by atoms with Crippen molar-refractivity contribution in [2.24, 2.45) is 5.73 Å². The Kier molecular flexibility index (Phi) is 4.32. The van der Waals surface area contributed by atoms with Crippen molar-refractivity contribution in [3.05, 3.63) is 0 Å². The fraction of sp³-hybridized carbons (Fsp3) is 0.900. The molecule has 0 saturated heterocycles. The first-order valence-corrected chi connectivity index (χ1v) is 7.43. The van der Waals surface area contributed by atoms with E-state index < -0.39 is 15.6 Å². The molecule has 1 fully saturated rings. The van der Waals surface area contributed by atoms with Crippen LogP contribution in [-0.4, -0.2) is 25.5 Å². The van der Waals surface area contributed by atoms with Gasteiger partial charge in [-0.1, -0.05) is 26.2 Å². The highest BCUT2D eigenvalue weighted by Gasteiger charge is 2.40. The van der Waals surface area contributed by atoms with Crippen LogP contribution >= 0.6 is 0 Å². The van der Waals surface area contributed by atoms with E-state index in [0.29, 0.717) is 19.3 Å². The topological polar surface area (TPSA) is 96.0 Å². The number of hydrogen-bond acceptors (Lipinski definition) is 3. The summed E-state index contributed by atoms with van der Waals surface area (Å²) in [4.78, 5) is 0. The van der Waals surface area contributed by atoms with Crippen molar-refractivity contribution in [1.82, 2.24) is 4.72 Å². The third-order valence-corrected chi connectivity index (χ3v) is 4.62. The van der Waals surface area contributed by atoms with Gasteiger partial charge in [-0.2, -0.15) is 0 Å². The fourth-order valence-electron chi connectivity index (χ4n) is 2.09. The predicted octanol–water partition coefficient (Wildman–Crippen LogP) is 0.955. The minimum absolute atomic E-state index is 0.0509. The summed E-state index contributed by atoms with van der Waals surface area (Å²) in [5, 5.41) is 7.55. The summed E-state index contributed by atoms with van der Waals surface area (Å²) < 4.78 is 26.2. The fourth-order valence-corrected chi connectivity index (χ4v) is 3.77. The zero-order valence-electron chi connectivity index (χ0n) is 9.75. The molecule has 1 aliphatic carbocycles. The van der Waals surface area contributed by atoms with Gasteiger partial charge in [-0.15, -0.1) is 0 Å². The van der Waals surface area contributed by atoms with Crippen LogP contribution in [0.4, 0.5) is 0 Å². The van der Waals surface area contributed by atoms with E-state index in [1.54, 1.807) is 0 Å². The number of amidine groups is 1. The molecule has 0 unspecified atom stereocenters. The van der Waals surface area contributed by atoms with Crippen molar-refractivity contribution < 1.29 is 8.42 Å². The molecule has 0 bridgehead atoms. The lowest BCUT2D eigenvalue weighted by Gasteiger charge is -2.28. The second-order valence-electron chi connectivity index (χ2n) is 4.48. The predicted molar refractivity (Wildman–Crippen MR) is 64.9 cm³/mol. The van der Waals surface area contributed by atoms with Gasteiger partial charge in [0, 0.05) is 0 Å². The highest BCUT2D eigenvalue weighted by atomic mass is 32.2. The monoisotopic (exact) mass is 247 g/mol. The van der Waals surface area contributed by atoms with Gasteiger partial charge in [0.25, 0.3) is 0 Å². The first kappa shape index (κ1) is 13.4. The standard InChI is InChI=1S/C10H21N3O2S/c1-2-3-8-16(14,15)13-10(9(11)12)6-4-5-7-10/h13H,2-8H2,1H3,(H3,11,12). The molecule has 94 valence electrons. The highest BCUT2D eigenvalue weighted by molar-refractivity contribution is 7.89. The Labute approximate surface area is 97.4 Å². The Balaban J connectivity index is 2.72. The molecule has 1 rings (SSSR count). The number of nitrogens with two attached hydrogens (primary N) is 1. The maximum Gasteiger partial charge on any atom is 0.212 e. The van der Waals surface area contributed by atoms with E-state index in [1.807, 2.05) is 6.92 Å². The lowest BCUT2D eigenvalue weighted by Crippen LogP contribution is -2.55. The van der Waals surface area contributed by atoms with Gasteiger partial charge in [0.1, 0.15) is 5.84 Å². The smallest absolute Gasteiger partial charge is 0.212 e. The van der Waals surface area contributed by atoms with E-state index in [-0.39, 0.29) is 11.6 Å². The molecule has 0 amide bonds. The van der Waals surface area contributed by atoms with E-state index >= 15 is 0 Å². The summed E-state index contributed by atoms with van der Waals surface area (Å²) in [7, 11) is -3.30. The van der Waals surface area contributed by atoms with Crippen molar-refractivity contribution >= 4 is 15.9 Å². The molecule has 4 N–H and O–H groups in total. The summed E-state index contributed by atoms with van der Waals surface area (Å²) in [5.74, 6) is 0.0727. The minimum Gasteiger partial charge on any atom is -0.386 e. The van der Waals surface area contributed by atoms with Crippen LogP contribution in [0.25, 0.3) is 0 Å². The molecular weight excluding hydrogens is 226 g/mol. The van der Waals surface area contributed by atoms with Gasteiger partial charge in [-0.05, 0) is 19.3 Å². The first-order chi connectivity index (χ1) is 7.42. The van der Waals surface area contributed by atoms with Crippen molar-refractivity contribution in [2.75, 3.05) is 5.75 Å². The van der Waals surface area contributed by atoms with Crippen LogP contribution in [0.5, 0.6) is 0 Å². The largest absolute Gasteiger partial charge is 0.386 e. The van der Waals surface area contributed by atoms with Crippen LogP contribution in [-0.2, 0) is 10.0 Å². The van der Waals surface area contributed by atoms with Gasteiger partial charge in [-0.25, -0.2) is 13.1 Å². The molecule has 0 heterocycles. The Bertz CT molecular complexity index is 345. The Morgan fingerprint density at radius 3 is 2.44 bits per heavy atom. The van der Waals surface area contributed by atoms with Crippen LogP contribution in [0.2, 0.25) is 0 Å².